The Balaban J connectivity index is 1.85. The lowest BCUT2D eigenvalue weighted by Crippen LogP contribution is -2.36. The van der Waals surface area contributed by atoms with Gasteiger partial charge in [0.2, 0.25) is 5.91 Å². The van der Waals surface area contributed by atoms with Crippen molar-refractivity contribution in [3.8, 4) is 21.8 Å². The summed E-state index contributed by atoms with van der Waals surface area (Å²) in [5.41, 5.74) is 6.58. The SMILES string of the molecule is Cc1cc2c(cc1-c1csc(-c3ccncc3)n1)C(C)(C)CCC(=O)N2C(C)C. The Morgan fingerprint density at radius 3 is 2.59 bits per heavy atom. The number of hydrogen-bond donors (Lipinski definition) is 0. The van der Waals surface area contributed by atoms with Gasteiger partial charge in [0.1, 0.15) is 5.01 Å². The zero-order valence-corrected chi connectivity index (χ0v) is 18.5. The van der Waals surface area contributed by atoms with E-state index in [1.165, 1.54) is 5.56 Å². The molecule has 4 nitrogen and oxygen atoms in total. The maximum atomic E-state index is 12.8. The molecule has 4 rings (SSSR count). The standard InChI is InChI=1S/C24H27N3OS/c1-15(2)27-21-12-16(3)18(13-19(21)24(4,5)9-6-22(27)28)20-14-29-23(26-20)17-7-10-25-11-8-17/h7-8,10-15H,6,9H2,1-5H3. The summed E-state index contributed by atoms with van der Waals surface area (Å²) in [4.78, 5) is 23.8. The van der Waals surface area contributed by atoms with E-state index >= 15 is 0 Å². The second kappa shape index (κ2) is 7.38. The van der Waals surface area contributed by atoms with Crippen molar-refractivity contribution < 1.29 is 4.79 Å². The van der Waals surface area contributed by atoms with Crippen molar-refractivity contribution >= 4 is 22.9 Å². The molecule has 0 unspecified atom stereocenters. The second-order valence-corrected chi connectivity index (χ2v) is 9.56. The maximum absolute atomic E-state index is 12.8. The molecule has 29 heavy (non-hydrogen) atoms. The molecule has 0 bridgehead atoms. The van der Waals surface area contributed by atoms with Crippen LogP contribution in [0.25, 0.3) is 21.8 Å². The average molecular weight is 406 g/mol. The van der Waals surface area contributed by atoms with Gasteiger partial charge in [-0.05, 0) is 68.0 Å². The molecule has 0 N–H and O–H groups in total. The molecule has 0 fully saturated rings. The van der Waals surface area contributed by atoms with Gasteiger partial charge in [0, 0.05) is 47.1 Å². The van der Waals surface area contributed by atoms with Crippen molar-refractivity contribution in [1.29, 1.82) is 0 Å². The van der Waals surface area contributed by atoms with Crippen molar-refractivity contribution in [3.63, 3.8) is 0 Å². The van der Waals surface area contributed by atoms with Gasteiger partial charge in [0.05, 0.1) is 5.69 Å². The van der Waals surface area contributed by atoms with Crippen molar-refractivity contribution in [2.75, 3.05) is 4.90 Å². The zero-order chi connectivity index (χ0) is 20.8. The van der Waals surface area contributed by atoms with Crippen LogP contribution < -0.4 is 4.90 Å². The quantitative estimate of drug-likeness (QED) is 0.537. The number of carbonyl (C=O) groups excluding carboxylic acids is 1. The number of pyridine rings is 1. The fraction of sp³-hybridized carbons (Fsp3) is 0.375. The lowest BCUT2D eigenvalue weighted by molar-refractivity contribution is -0.119. The number of aromatic nitrogens is 2. The summed E-state index contributed by atoms with van der Waals surface area (Å²) in [7, 11) is 0. The van der Waals surface area contributed by atoms with Crippen molar-refractivity contribution in [2.24, 2.45) is 0 Å². The molecule has 5 heteroatoms. The normalized spacial score (nSPS) is 16.1. The van der Waals surface area contributed by atoms with E-state index in [1.807, 2.05) is 17.0 Å². The van der Waals surface area contributed by atoms with Gasteiger partial charge >= 0.3 is 0 Å². The minimum absolute atomic E-state index is 0.0684. The van der Waals surface area contributed by atoms with E-state index in [0.29, 0.717) is 6.42 Å². The van der Waals surface area contributed by atoms with Gasteiger partial charge < -0.3 is 4.90 Å². The van der Waals surface area contributed by atoms with E-state index in [2.05, 4.69) is 57.1 Å². The maximum Gasteiger partial charge on any atom is 0.227 e. The van der Waals surface area contributed by atoms with Crippen LogP contribution in [0, 0.1) is 6.92 Å². The van der Waals surface area contributed by atoms with Crippen molar-refractivity contribution in [3.05, 3.63) is 53.2 Å². The van der Waals surface area contributed by atoms with Gasteiger partial charge in [-0.2, -0.15) is 0 Å². The number of thiazole rings is 1. The van der Waals surface area contributed by atoms with Gasteiger partial charge in [-0.3, -0.25) is 9.78 Å². The summed E-state index contributed by atoms with van der Waals surface area (Å²) in [6, 6.07) is 8.56. The molecule has 0 saturated carbocycles. The molecule has 3 aromatic rings. The van der Waals surface area contributed by atoms with Gasteiger partial charge in [0.15, 0.2) is 0 Å². The molecular formula is C24H27N3OS. The highest BCUT2D eigenvalue weighted by molar-refractivity contribution is 7.13. The first-order chi connectivity index (χ1) is 13.8. The fourth-order valence-electron chi connectivity index (χ4n) is 4.11. The van der Waals surface area contributed by atoms with E-state index in [0.717, 1.165) is 39.5 Å². The Morgan fingerprint density at radius 2 is 1.90 bits per heavy atom. The molecule has 1 aliphatic heterocycles. The fourth-order valence-corrected chi connectivity index (χ4v) is 4.94. The molecule has 0 aliphatic carbocycles. The van der Waals surface area contributed by atoms with Crippen LogP contribution in [-0.4, -0.2) is 21.9 Å². The summed E-state index contributed by atoms with van der Waals surface area (Å²) in [6.07, 6.45) is 5.02. The summed E-state index contributed by atoms with van der Waals surface area (Å²) in [5, 5.41) is 3.12. The van der Waals surface area contributed by atoms with E-state index in [-0.39, 0.29) is 17.4 Å². The highest BCUT2D eigenvalue weighted by Crippen LogP contribution is 2.43. The van der Waals surface area contributed by atoms with Crippen molar-refractivity contribution in [2.45, 2.75) is 58.9 Å². The molecule has 0 radical (unpaired) electrons. The monoisotopic (exact) mass is 405 g/mol. The van der Waals surface area contributed by atoms with Crippen LogP contribution in [0.4, 0.5) is 5.69 Å². The van der Waals surface area contributed by atoms with Gasteiger partial charge in [-0.1, -0.05) is 13.8 Å². The number of rotatable bonds is 3. The second-order valence-electron chi connectivity index (χ2n) is 8.70. The summed E-state index contributed by atoms with van der Waals surface area (Å²) in [5.74, 6) is 0.215. The molecule has 1 aliphatic rings. The molecule has 0 spiro atoms. The highest BCUT2D eigenvalue weighted by atomic mass is 32.1. The Morgan fingerprint density at radius 1 is 1.17 bits per heavy atom. The molecule has 3 heterocycles. The lowest BCUT2D eigenvalue weighted by Gasteiger charge is -2.31. The van der Waals surface area contributed by atoms with Crippen LogP contribution in [0.3, 0.4) is 0 Å². The largest absolute Gasteiger partial charge is 0.310 e. The third-order valence-electron chi connectivity index (χ3n) is 5.79. The van der Waals surface area contributed by atoms with E-state index in [1.54, 1.807) is 23.7 Å². The van der Waals surface area contributed by atoms with Gasteiger partial charge in [-0.15, -0.1) is 11.3 Å². The number of amides is 1. The molecule has 2 aromatic heterocycles. The first-order valence-electron chi connectivity index (χ1n) is 10.1. The van der Waals surface area contributed by atoms with Crippen LogP contribution >= 0.6 is 11.3 Å². The zero-order valence-electron chi connectivity index (χ0n) is 17.7. The molecule has 1 amide bonds. The minimum Gasteiger partial charge on any atom is -0.310 e. The Bertz CT molecular complexity index is 1050. The lowest BCUT2D eigenvalue weighted by atomic mass is 9.79. The van der Waals surface area contributed by atoms with Gasteiger partial charge in [-0.25, -0.2) is 4.98 Å². The molecule has 0 atom stereocenters. The number of benzene rings is 1. The molecular weight excluding hydrogens is 378 g/mol. The van der Waals surface area contributed by atoms with E-state index in [4.69, 9.17) is 4.98 Å². The third kappa shape index (κ3) is 3.60. The molecule has 1 aromatic carbocycles. The number of aryl methyl sites for hydroxylation is 1. The molecule has 150 valence electrons. The minimum atomic E-state index is -0.0684. The number of fused-ring (bicyclic) bond motifs is 1. The Hall–Kier alpha value is -2.53. The van der Waals surface area contributed by atoms with E-state index in [9.17, 15) is 4.79 Å². The number of carbonyl (C=O) groups is 1. The van der Waals surface area contributed by atoms with Crippen LogP contribution in [-0.2, 0) is 10.2 Å². The molecule has 0 saturated heterocycles. The summed E-state index contributed by atoms with van der Waals surface area (Å²) < 4.78 is 0. The first-order valence-corrected chi connectivity index (χ1v) is 11.0. The van der Waals surface area contributed by atoms with Crippen LogP contribution in [0.5, 0.6) is 0 Å². The van der Waals surface area contributed by atoms with E-state index < -0.39 is 0 Å². The topological polar surface area (TPSA) is 46.1 Å². The van der Waals surface area contributed by atoms with Crippen LogP contribution in [0.1, 0.15) is 51.7 Å². The van der Waals surface area contributed by atoms with Crippen LogP contribution in [0.2, 0.25) is 0 Å². The third-order valence-corrected chi connectivity index (χ3v) is 6.68. The predicted octanol–water partition coefficient (Wildman–Crippen LogP) is 5.99. The Kier molecular flexibility index (Phi) is 5.03. The first kappa shape index (κ1) is 19.8. The number of nitrogens with zero attached hydrogens (tertiary/aromatic N) is 3. The average Bonchev–Trinajstić information content (AvgIpc) is 3.13. The predicted molar refractivity (Wildman–Crippen MR) is 120 cm³/mol. The smallest absolute Gasteiger partial charge is 0.227 e. The van der Waals surface area contributed by atoms with Crippen molar-refractivity contribution in [1.82, 2.24) is 9.97 Å². The Labute approximate surface area is 176 Å². The van der Waals surface area contributed by atoms with Crippen LogP contribution in [0.15, 0.2) is 42.0 Å². The van der Waals surface area contributed by atoms with Gasteiger partial charge in [0.25, 0.3) is 0 Å². The summed E-state index contributed by atoms with van der Waals surface area (Å²) in [6.45, 7) is 10.8. The number of hydrogen-bond acceptors (Lipinski definition) is 4. The number of anilines is 1. The summed E-state index contributed by atoms with van der Waals surface area (Å²) >= 11 is 1.65. The highest BCUT2D eigenvalue weighted by Gasteiger charge is 2.34.